The fourth-order valence-electron chi connectivity index (χ4n) is 3.27. The van der Waals surface area contributed by atoms with Crippen molar-refractivity contribution in [3.05, 3.63) is 53.7 Å². The van der Waals surface area contributed by atoms with Gasteiger partial charge in [-0.15, -0.1) is 0 Å². The summed E-state index contributed by atoms with van der Waals surface area (Å²) in [5.41, 5.74) is 7.86. The molecule has 0 spiro atoms. The summed E-state index contributed by atoms with van der Waals surface area (Å²) in [6.07, 6.45) is 2.56. The molecule has 0 aliphatic heterocycles. The van der Waals surface area contributed by atoms with Crippen LogP contribution in [0.3, 0.4) is 0 Å². The van der Waals surface area contributed by atoms with E-state index < -0.39 is 0 Å². The van der Waals surface area contributed by atoms with Gasteiger partial charge < -0.3 is 20.3 Å². The molecule has 3 aromatic rings. The molecule has 0 radical (unpaired) electrons. The van der Waals surface area contributed by atoms with Crippen LogP contribution in [0.15, 0.2) is 40.9 Å². The Bertz CT molecular complexity index is 908. The molecule has 146 valence electrons. The molecule has 0 bridgehead atoms. The van der Waals surface area contributed by atoms with E-state index in [0.29, 0.717) is 43.0 Å². The maximum atomic E-state index is 5.92. The Labute approximate surface area is 163 Å². The van der Waals surface area contributed by atoms with Crippen LogP contribution in [0.25, 0.3) is 11.5 Å². The van der Waals surface area contributed by atoms with E-state index in [1.165, 1.54) is 0 Å². The smallest absolute Gasteiger partial charge is 0.257 e. The molecular formula is C20H24N6O2. The molecule has 3 N–H and O–H groups in total. The first-order chi connectivity index (χ1) is 13.7. The first-order valence-electron chi connectivity index (χ1n) is 9.45. The van der Waals surface area contributed by atoms with E-state index >= 15 is 0 Å². The van der Waals surface area contributed by atoms with Crippen LogP contribution in [0.1, 0.15) is 36.1 Å². The van der Waals surface area contributed by atoms with E-state index in [-0.39, 0.29) is 6.04 Å². The number of benzene rings is 1. The quantitative estimate of drug-likeness (QED) is 0.613. The average Bonchev–Trinajstić information content (AvgIpc) is 3.15. The highest BCUT2D eigenvalue weighted by atomic mass is 16.5. The molecule has 2 heterocycles. The molecule has 28 heavy (non-hydrogen) atoms. The standard InChI is InChI=1S/C20H24N6O2/c1-27-12-19-23-16(14-9-15(21)10-14)11-18(24-19)22-8-7-17-25-20(28-26-17)13-5-3-2-4-6-13/h2-6,11,14-15H,7-10,12,21H2,1H3,(H,22,23,24). The maximum Gasteiger partial charge on any atom is 0.257 e. The van der Waals surface area contributed by atoms with E-state index in [1.54, 1.807) is 7.11 Å². The minimum atomic E-state index is 0.277. The first-order valence-corrected chi connectivity index (χ1v) is 9.45. The fraction of sp³-hybridized carbons (Fsp3) is 0.400. The summed E-state index contributed by atoms with van der Waals surface area (Å²) in [7, 11) is 1.64. The number of methoxy groups -OCH3 is 1. The minimum Gasteiger partial charge on any atom is -0.377 e. The predicted octanol–water partition coefficient (Wildman–Crippen LogP) is 2.53. The molecule has 1 saturated carbocycles. The number of nitrogens with zero attached hydrogens (tertiary/aromatic N) is 4. The molecule has 8 nitrogen and oxygen atoms in total. The molecular weight excluding hydrogens is 356 g/mol. The largest absolute Gasteiger partial charge is 0.377 e. The number of anilines is 1. The van der Waals surface area contributed by atoms with Gasteiger partial charge >= 0.3 is 0 Å². The number of nitrogens with one attached hydrogen (secondary N) is 1. The van der Waals surface area contributed by atoms with Gasteiger partial charge in [0.25, 0.3) is 5.89 Å². The van der Waals surface area contributed by atoms with Gasteiger partial charge in [-0.25, -0.2) is 9.97 Å². The second-order valence-corrected chi connectivity index (χ2v) is 7.01. The summed E-state index contributed by atoms with van der Waals surface area (Å²) in [5.74, 6) is 3.05. The molecule has 1 aliphatic rings. The summed E-state index contributed by atoms with van der Waals surface area (Å²) in [4.78, 5) is 13.6. The number of nitrogens with two attached hydrogens (primary N) is 1. The van der Waals surface area contributed by atoms with Crippen molar-refractivity contribution in [2.24, 2.45) is 5.73 Å². The van der Waals surface area contributed by atoms with Crippen molar-refractivity contribution in [3.63, 3.8) is 0 Å². The van der Waals surface area contributed by atoms with Crippen molar-refractivity contribution in [2.45, 2.75) is 37.8 Å². The van der Waals surface area contributed by atoms with Crippen LogP contribution in [-0.2, 0) is 17.8 Å². The monoisotopic (exact) mass is 380 g/mol. The van der Waals surface area contributed by atoms with Gasteiger partial charge in [-0.1, -0.05) is 23.4 Å². The van der Waals surface area contributed by atoms with Gasteiger partial charge in [-0.2, -0.15) is 4.98 Å². The third kappa shape index (κ3) is 4.35. The first kappa shape index (κ1) is 18.5. The normalized spacial score (nSPS) is 18.6. The van der Waals surface area contributed by atoms with E-state index in [2.05, 4.69) is 25.4 Å². The number of rotatable bonds is 8. The van der Waals surface area contributed by atoms with Crippen molar-refractivity contribution in [2.75, 3.05) is 19.0 Å². The molecule has 1 aliphatic carbocycles. The maximum absolute atomic E-state index is 5.92. The second-order valence-electron chi connectivity index (χ2n) is 7.01. The zero-order valence-electron chi connectivity index (χ0n) is 15.8. The molecule has 1 fully saturated rings. The Morgan fingerprint density at radius 3 is 2.71 bits per heavy atom. The highest BCUT2D eigenvalue weighted by molar-refractivity contribution is 5.52. The number of hydrogen-bond acceptors (Lipinski definition) is 8. The van der Waals surface area contributed by atoms with Crippen molar-refractivity contribution in [1.29, 1.82) is 0 Å². The minimum absolute atomic E-state index is 0.277. The second kappa shape index (κ2) is 8.45. The number of ether oxygens (including phenoxy) is 1. The Morgan fingerprint density at radius 1 is 1.14 bits per heavy atom. The van der Waals surface area contributed by atoms with E-state index in [9.17, 15) is 0 Å². The van der Waals surface area contributed by atoms with Crippen LogP contribution in [0.5, 0.6) is 0 Å². The van der Waals surface area contributed by atoms with Gasteiger partial charge in [-0.3, -0.25) is 0 Å². The number of hydrogen-bond donors (Lipinski definition) is 2. The van der Waals surface area contributed by atoms with Gasteiger partial charge in [0.15, 0.2) is 11.6 Å². The van der Waals surface area contributed by atoms with Crippen LogP contribution < -0.4 is 11.1 Å². The van der Waals surface area contributed by atoms with E-state index in [4.69, 9.17) is 15.0 Å². The van der Waals surface area contributed by atoms with Gasteiger partial charge in [0.2, 0.25) is 0 Å². The van der Waals surface area contributed by atoms with Crippen molar-refractivity contribution < 1.29 is 9.26 Å². The SMILES string of the molecule is COCc1nc(NCCc2noc(-c3ccccc3)n2)cc(C2CC(N)C2)n1. The highest BCUT2D eigenvalue weighted by Gasteiger charge is 2.29. The summed E-state index contributed by atoms with van der Waals surface area (Å²) < 4.78 is 10.5. The molecule has 0 unspecified atom stereocenters. The molecule has 1 aromatic carbocycles. The molecule has 8 heteroatoms. The molecule has 2 aromatic heterocycles. The zero-order valence-corrected chi connectivity index (χ0v) is 15.8. The third-order valence-electron chi connectivity index (χ3n) is 4.80. The highest BCUT2D eigenvalue weighted by Crippen LogP contribution is 2.35. The lowest BCUT2D eigenvalue weighted by Crippen LogP contribution is -2.35. The lowest BCUT2D eigenvalue weighted by atomic mass is 9.78. The van der Waals surface area contributed by atoms with Crippen LogP contribution in [0.4, 0.5) is 5.82 Å². The molecule has 4 rings (SSSR count). The summed E-state index contributed by atoms with van der Waals surface area (Å²) in [5, 5.41) is 7.39. The zero-order chi connectivity index (χ0) is 19.3. The lowest BCUT2D eigenvalue weighted by molar-refractivity contribution is 0.177. The summed E-state index contributed by atoms with van der Waals surface area (Å²) in [6, 6.07) is 12.0. The Kier molecular flexibility index (Phi) is 5.59. The fourth-order valence-corrected chi connectivity index (χ4v) is 3.27. The summed E-state index contributed by atoms with van der Waals surface area (Å²) in [6.45, 7) is 1.02. The third-order valence-corrected chi connectivity index (χ3v) is 4.80. The Hall–Kier alpha value is -2.84. The van der Waals surface area contributed by atoms with Crippen molar-refractivity contribution in [3.8, 4) is 11.5 Å². The lowest BCUT2D eigenvalue weighted by Gasteiger charge is -2.32. The number of aromatic nitrogens is 4. The van der Waals surface area contributed by atoms with Crippen LogP contribution in [-0.4, -0.2) is 39.8 Å². The van der Waals surface area contributed by atoms with Crippen molar-refractivity contribution in [1.82, 2.24) is 20.1 Å². The van der Waals surface area contributed by atoms with Gasteiger partial charge in [0.1, 0.15) is 12.4 Å². The molecule has 0 saturated heterocycles. The van der Waals surface area contributed by atoms with Gasteiger partial charge in [0.05, 0.1) is 0 Å². The van der Waals surface area contributed by atoms with Crippen LogP contribution in [0, 0.1) is 0 Å². The van der Waals surface area contributed by atoms with Gasteiger partial charge in [0, 0.05) is 49.4 Å². The predicted molar refractivity (Wildman–Crippen MR) is 105 cm³/mol. The van der Waals surface area contributed by atoms with Crippen molar-refractivity contribution >= 4 is 5.82 Å². The Balaban J connectivity index is 1.38. The Morgan fingerprint density at radius 2 is 1.96 bits per heavy atom. The van der Waals surface area contributed by atoms with Crippen LogP contribution in [0.2, 0.25) is 0 Å². The molecule has 0 atom stereocenters. The summed E-state index contributed by atoms with van der Waals surface area (Å²) >= 11 is 0. The van der Waals surface area contributed by atoms with E-state index in [1.807, 2.05) is 36.4 Å². The van der Waals surface area contributed by atoms with Gasteiger partial charge in [-0.05, 0) is 25.0 Å². The molecule has 0 amide bonds. The topological polar surface area (TPSA) is 112 Å². The average molecular weight is 380 g/mol. The van der Waals surface area contributed by atoms with E-state index in [0.717, 1.165) is 29.9 Å². The van der Waals surface area contributed by atoms with Crippen LogP contribution >= 0.6 is 0 Å².